The van der Waals surface area contributed by atoms with E-state index in [1.165, 1.54) is 10.8 Å². The minimum absolute atomic E-state index is 0.269. The lowest BCUT2D eigenvalue weighted by atomic mass is 10.2. The molecule has 0 aliphatic heterocycles. The normalized spacial score (nSPS) is 13.8. The average Bonchev–Trinajstić information content (AvgIpc) is 2.71. The fourth-order valence-electron chi connectivity index (χ4n) is 1.60. The van der Waals surface area contributed by atoms with Crippen molar-refractivity contribution in [3.63, 3.8) is 0 Å². The highest BCUT2D eigenvalue weighted by Gasteiger charge is 2.17. The first-order valence-corrected chi connectivity index (χ1v) is 7.26. The Morgan fingerprint density at radius 1 is 1.53 bits per heavy atom. The highest BCUT2D eigenvalue weighted by Crippen LogP contribution is 2.34. The van der Waals surface area contributed by atoms with Crippen molar-refractivity contribution < 1.29 is 19.1 Å². The van der Waals surface area contributed by atoms with Gasteiger partial charge in [-0.25, -0.2) is 14.5 Å². The number of fused-ring (bicyclic) bond motifs is 1. The SMILES string of the molecule is C[C@H](Cc1cnc2c(N)ncnn12)OCP(=O)(O)O. The van der Waals surface area contributed by atoms with Crippen LogP contribution < -0.4 is 5.73 Å². The zero-order chi connectivity index (χ0) is 14.0. The Bertz CT molecular complexity index is 624. The van der Waals surface area contributed by atoms with Gasteiger partial charge in [0.2, 0.25) is 0 Å². The molecule has 2 heterocycles. The molecule has 0 aliphatic carbocycles. The van der Waals surface area contributed by atoms with Gasteiger partial charge in [0.25, 0.3) is 0 Å². The summed E-state index contributed by atoms with van der Waals surface area (Å²) in [6.45, 7) is 1.71. The maximum absolute atomic E-state index is 10.7. The summed E-state index contributed by atoms with van der Waals surface area (Å²) in [5, 5.41) is 4.02. The highest BCUT2D eigenvalue weighted by atomic mass is 31.2. The Kier molecular flexibility index (Phi) is 3.81. The standard InChI is InChI=1S/C9H14N5O4P/c1-6(18-5-19(15,16)17)2-7-3-11-9-8(10)12-4-13-14(7)9/h3-4,6H,2,5H2,1H3,(H2,10,12,13)(H2,15,16,17)/t6-/m1/s1. The van der Waals surface area contributed by atoms with Crippen LogP contribution in [0.25, 0.3) is 5.65 Å². The van der Waals surface area contributed by atoms with Crippen LogP contribution in [-0.2, 0) is 15.7 Å². The molecule has 0 aromatic carbocycles. The van der Waals surface area contributed by atoms with E-state index < -0.39 is 13.9 Å². The lowest BCUT2D eigenvalue weighted by Crippen LogP contribution is -2.14. The fourth-order valence-corrected chi connectivity index (χ4v) is 2.05. The van der Waals surface area contributed by atoms with Crippen LogP contribution in [0, 0.1) is 0 Å². The maximum atomic E-state index is 10.7. The molecule has 0 unspecified atom stereocenters. The minimum atomic E-state index is -4.16. The predicted octanol–water partition coefficient (Wildman–Crippen LogP) is -0.211. The van der Waals surface area contributed by atoms with Gasteiger partial charge in [-0.3, -0.25) is 4.57 Å². The molecule has 0 saturated carbocycles. The van der Waals surface area contributed by atoms with Gasteiger partial charge < -0.3 is 20.3 Å². The third-order valence-corrected chi connectivity index (χ3v) is 2.91. The van der Waals surface area contributed by atoms with Gasteiger partial charge in [0.15, 0.2) is 11.5 Å². The molecular weight excluding hydrogens is 273 g/mol. The van der Waals surface area contributed by atoms with Crippen molar-refractivity contribution in [1.82, 2.24) is 19.6 Å². The van der Waals surface area contributed by atoms with Crippen LogP contribution in [0.4, 0.5) is 5.82 Å². The number of nitrogens with two attached hydrogens (primary N) is 1. The van der Waals surface area contributed by atoms with Gasteiger partial charge in [-0.05, 0) is 6.92 Å². The van der Waals surface area contributed by atoms with Gasteiger partial charge >= 0.3 is 7.60 Å². The number of nitrogens with zero attached hydrogens (tertiary/aromatic N) is 4. The van der Waals surface area contributed by atoms with Crippen molar-refractivity contribution in [2.45, 2.75) is 19.4 Å². The monoisotopic (exact) mass is 287 g/mol. The van der Waals surface area contributed by atoms with Crippen molar-refractivity contribution in [3.05, 3.63) is 18.2 Å². The molecule has 1 atom stereocenters. The van der Waals surface area contributed by atoms with E-state index in [2.05, 4.69) is 15.1 Å². The van der Waals surface area contributed by atoms with Crippen molar-refractivity contribution in [3.8, 4) is 0 Å². The smallest absolute Gasteiger partial charge is 0.350 e. The molecular formula is C9H14N5O4P. The quantitative estimate of drug-likeness (QED) is 0.642. The molecule has 4 N–H and O–H groups in total. The zero-order valence-electron chi connectivity index (χ0n) is 10.2. The van der Waals surface area contributed by atoms with Crippen LogP contribution in [0.5, 0.6) is 0 Å². The van der Waals surface area contributed by atoms with E-state index in [1.807, 2.05) is 0 Å². The molecule has 10 heteroatoms. The molecule has 2 aromatic heterocycles. The molecule has 19 heavy (non-hydrogen) atoms. The summed E-state index contributed by atoms with van der Waals surface area (Å²) < 4.78 is 17.3. The van der Waals surface area contributed by atoms with Gasteiger partial charge in [-0.15, -0.1) is 0 Å². The molecule has 0 fully saturated rings. The highest BCUT2D eigenvalue weighted by molar-refractivity contribution is 7.51. The van der Waals surface area contributed by atoms with E-state index in [0.29, 0.717) is 12.1 Å². The first-order valence-electron chi connectivity index (χ1n) is 5.46. The maximum Gasteiger partial charge on any atom is 0.350 e. The molecule has 0 spiro atoms. The van der Waals surface area contributed by atoms with Crippen LogP contribution in [0.3, 0.4) is 0 Å². The molecule has 0 radical (unpaired) electrons. The van der Waals surface area contributed by atoms with Crippen molar-refractivity contribution in [2.75, 3.05) is 12.1 Å². The number of imidazole rings is 1. The second kappa shape index (κ2) is 5.22. The van der Waals surface area contributed by atoms with Crippen LogP contribution in [0.2, 0.25) is 0 Å². The molecule has 2 rings (SSSR count). The van der Waals surface area contributed by atoms with Crippen LogP contribution in [0.15, 0.2) is 12.5 Å². The van der Waals surface area contributed by atoms with Gasteiger partial charge in [-0.1, -0.05) is 0 Å². The molecule has 9 nitrogen and oxygen atoms in total. The molecule has 0 saturated heterocycles. The third kappa shape index (κ3) is 3.48. The number of hydrogen-bond donors (Lipinski definition) is 3. The summed E-state index contributed by atoms with van der Waals surface area (Å²) in [6.07, 6.45) is 2.30. The number of anilines is 1. The summed E-state index contributed by atoms with van der Waals surface area (Å²) in [7, 11) is -4.16. The van der Waals surface area contributed by atoms with Gasteiger partial charge in [0.05, 0.1) is 18.0 Å². The Hall–Kier alpha value is -1.54. The lowest BCUT2D eigenvalue weighted by molar-refractivity contribution is 0.0877. The molecule has 0 bridgehead atoms. The Morgan fingerprint density at radius 2 is 2.26 bits per heavy atom. The number of rotatable bonds is 5. The molecule has 104 valence electrons. The molecule has 0 aliphatic rings. The van der Waals surface area contributed by atoms with Crippen molar-refractivity contribution >= 4 is 19.1 Å². The van der Waals surface area contributed by atoms with E-state index in [1.54, 1.807) is 13.1 Å². The van der Waals surface area contributed by atoms with Crippen LogP contribution in [-0.4, -0.2) is 41.8 Å². The Balaban J connectivity index is 2.09. The summed E-state index contributed by atoms with van der Waals surface area (Å²) in [5.41, 5.74) is 6.82. The second-order valence-corrected chi connectivity index (χ2v) is 5.69. The zero-order valence-corrected chi connectivity index (χ0v) is 11.1. The van der Waals surface area contributed by atoms with E-state index in [-0.39, 0.29) is 11.9 Å². The Labute approximate surface area is 108 Å². The van der Waals surface area contributed by atoms with E-state index >= 15 is 0 Å². The summed E-state index contributed by atoms with van der Waals surface area (Å²) >= 11 is 0. The fraction of sp³-hybridized carbons (Fsp3) is 0.444. The predicted molar refractivity (Wildman–Crippen MR) is 66.4 cm³/mol. The topological polar surface area (TPSA) is 136 Å². The average molecular weight is 287 g/mol. The first-order chi connectivity index (χ1) is 8.87. The van der Waals surface area contributed by atoms with E-state index in [4.69, 9.17) is 20.3 Å². The van der Waals surface area contributed by atoms with Crippen LogP contribution >= 0.6 is 7.60 Å². The lowest BCUT2D eigenvalue weighted by Gasteiger charge is -2.13. The molecule has 0 amide bonds. The third-order valence-electron chi connectivity index (χ3n) is 2.43. The van der Waals surface area contributed by atoms with Crippen molar-refractivity contribution in [2.24, 2.45) is 0 Å². The van der Waals surface area contributed by atoms with Gasteiger partial charge in [-0.2, -0.15) is 5.10 Å². The summed E-state index contributed by atoms with van der Waals surface area (Å²) in [6, 6.07) is 0. The second-order valence-electron chi connectivity index (χ2n) is 4.11. The number of ether oxygens (including phenoxy) is 1. The van der Waals surface area contributed by atoms with E-state index in [9.17, 15) is 4.57 Å². The number of hydrogen-bond acceptors (Lipinski definition) is 6. The molecule has 2 aromatic rings. The summed E-state index contributed by atoms with van der Waals surface area (Å²) in [4.78, 5) is 25.4. The minimum Gasteiger partial charge on any atom is -0.381 e. The first kappa shape index (κ1) is 13.9. The van der Waals surface area contributed by atoms with Crippen molar-refractivity contribution in [1.29, 1.82) is 0 Å². The number of nitrogen functional groups attached to an aromatic ring is 1. The van der Waals surface area contributed by atoms with Crippen LogP contribution in [0.1, 0.15) is 12.6 Å². The van der Waals surface area contributed by atoms with Gasteiger partial charge in [0, 0.05) is 6.42 Å². The summed E-state index contributed by atoms with van der Waals surface area (Å²) in [5.74, 6) is 0.269. The van der Waals surface area contributed by atoms with Gasteiger partial charge in [0.1, 0.15) is 12.7 Å². The largest absolute Gasteiger partial charge is 0.381 e. The van der Waals surface area contributed by atoms with E-state index in [0.717, 1.165) is 5.69 Å². The number of aromatic nitrogens is 4. The Morgan fingerprint density at radius 3 is 2.95 bits per heavy atom.